The zero-order chi connectivity index (χ0) is 15.0. The van der Waals surface area contributed by atoms with Crippen molar-refractivity contribution in [3.05, 3.63) is 0 Å². The summed E-state index contributed by atoms with van der Waals surface area (Å²) in [4.78, 5) is 14.4. The Balaban J connectivity index is 0. The van der Waals surface area contributed by atoms with Crippen LogP contribution in [0.1, 0.15) is 46.5 Å². The minimum absolute atomic E-state index is 0. The van der Waals surface area contributed by atoms with Gasteiger partial charge in [-0.15, -0.1) is 24.8 Å². The number of nitrogens with one attached hydrogen (secondary N) is 2. The number of amides is 1. The number of likely N-dealkylation sites (tertiary alicyclic amines) is 1. The van der Waals surface area contributed by atoms with Crippen LogP contribution in [0.2, 0.25) is 0 Å². The molecule has 0 aromatic heterocycles. The van der Waals surface area contributed by atoms with E-state index in [1.807, 2.05) is 7.05 Å². The van der Waals surface area contributed by atoms with Crippen LogP contribution in [-0.4, -0.2) is 50.1 Å². The van der Waals surface area contributed by atoms with Gasteiger partial charge in [-0.05, 0) is 57.8 Å². The minimum atomic E-state index is 0. The average Bonchev–Trinajstić information content (AvgIpc) is 2.41. The number of hydrogen-bond donors (Lipinski definition) is 2. The van der Waals surface area contributed by atoms with E-state index < -0.39 is 0 Å². The van der Waals surface area contributed by atoms with Crippen molar-refractivity contribution in [1.82, 2.24) is 15.5 Å². The molecule has 1 heterocycles. The molecular weight excluding hydrogens is 321 g/mol. The van der Waals surface area contributed by atoms with Gasteiger partial charge in [0, 0.05) is 19.0 Å². The zero-order valence-corrected chi connectivity index (χ0v) is 16.2. The van der Waals surface area contributed by atoms with E-state index in [2.05, 4.69) is 36.3 Å². The molecule has 1 amide bonds. The van der Waals surface area contributed by atoms with Gasteiger partial charge in [0.15, 0.2) is 0 Å². The van der Waals surface area contributed by atoms with Gasteiger partial charge in [0.05, 0.1) is 0 Å². The van der Waals surface area contributed by atoms with Gasteiger partial charge in [0.1, 0.15) is 0 Å². The summed E-state index contributed by atoms with van der Waals surface area (Å²) < 4.78 is 0. The van der Waals surface area contributed by atoms with Gasteiger partial charge in [0.2, 0.25) is 5.91 Å². The Labute approximate surface area is 149 Å². The van der Waals surface area contributed by atoms with E-state index in [-0.39, 0.29) is 30.7 Å². The van der Waals surface area contributed by atoms with Gasteiger partial charge in [-0.3, -0.25) is 9.69 Å². The van der Waals surface area contributed by atoms with E-state index in [0.29, 0.717) is 18.4 Å². The Morgan fingerprint density at radius 3 is 2.32 bits per heavy atom. The number of carbonyl (C=O) groups excluding carboxylic acids is 1. The Hall–Kier alpha value is -0.0300. The third kappa shape index (κ3) is 9.19. The second-order valence-corrected chi connectivity index (χ2v) is 6.54. The number of carbonyl (C=O) groups is 1. The lowest BCUT2D eigenvalue weighted by atomic mass is 9.94. The maximum atomic E-state index is 11.8. The maximum absolute atomic E-state index is 11.8. The monoisotopic (exact) mass is 355 g/mol. The number of hydrogen-bond acceptors (Lipinski definition) is 3. The first-order valence-corrected chi connectivity index (χ1v) is 8.20. The summed E-state index contributed by atoms with van der Waals surface area (Å²) >= 11 is 0. The lowest BCUT2D eigenvalue weighted by molar-refractivity contribution is -0.121. The molecule has 1 unspecified atom stereocenters. The molecule has 0 aromatic rings. The summed E-state index contributed by atoms with van der Waals surface area (Å²) in [6.45, 7) is 10.9. The number of rotatable bonds is 8. The Morgan fingerprint density at radius 2 is 1.82 bits per heavy atom. The second kappa shape index (κ2) is 13.4. The smallest absolute Gasteiger partial charge is 0.220 e. The number of piperidine rings is 1. The SMILES string of the molecule is CNCCCC(=O)NCC(C(C)C)N1CCC(C)CC1.Cl.Cl. The van der Waals surface area contributed by atoms with Crippen LogP contribution in [0.25, 0.3) is 0 Å². The van der Waals surface area contributed by atoms with Gasteiger partial charge in [-0.25, -0.2) is 0 Å². The lowest BCUT2D eigenvalue weighted by Gasteiger charge is -2.38. The summed E-state index contributed by atoms with van der Waals surface area (Å²) in [7, 11) is 1.92. The summed E-state index contributed by atoms with van der Waals surface area (Å²) in [6.07, 6.45) is 4.12. The first-order valence-electron chi connectivity index (χ1n) is 8.20. The third-order valence-corrected chi connectivity index (χ3v) is 4.40. The predicted octanol–water partition coefficient (Wildman–Crippen LogP) is 2.70. The average molecular weight is 356 g/mol. The summed E-state index contributed by atoms with van der Waals surface area (Å²) in [5.74, 6) is 1.63. The van der Waals surface area contributed by atoms with Crippen molar-refractivity contribution in [3.63, 3.8) is 0 Å². The summed E-state index contributed by atoms with van der Waals surface area (Å²) in [5.41, 5.74) is 0. The molecule has 1 aliphatic rings. The van der Waals surface area contributed by atoms with Crippen molar-refractivity contribution in [2.45, 2.75) is 52.5 Å². The van der Waals surface area contributed by atoms with Crippen LogP contribution in [0.3, 0.4) is 0 Å². The Bertz CT molecular complexity index is 283. The van der Waals surface area contributed by atoms with Crippen molar-refractivity contribution >= 4 is 30.7 Å². The Morgan fingerprint density at radius 1 is 1.23 bits per heavy atom. The quantitative estimate of drug-likeness (QED) is 0.658. The molecule has 0 spiro atoms. The highest BCUT2D eigenvalue weighted by atomic mass is 35.5. The molecule has 0 aromatic carbocycles. The zero-order valence-electron chi connectivity index (χ0n) is 14.6. The standard InChI is InChI=1S/C16H33N3O.2ClH/c1-13(2)15(19-10-7-14(3)8-11-19)12-18-16(20)6-5-9-17-4;;/h13-15,17H,5-12H2,1-4H3,(H,18,20);2*1H. The highest BCUT2D eigenvalue weighted by molar-refractivity contribution is 5.85. The summed E-state index contributed by atoms with van der Waals surface area (Å²) in [6, 6.07) is 0.482. The van der Waals surface area contributed by atoms with Crippen LogP contribution >= 0.6 is 24.8 Å². The van der Waals surface area contributed by atoms with Crippen LogP contribution in [0, 0.1) is 11.8 Å². The van der Waals surface area contributed by atoms with Crippen molar-refractivity contribution in [2.75, 3.05) is 33.2 Å². The molecule has 1 fully saturated rings. The van der Waals surface area contributed by atoms with Gasteiger partial charge in [-0.2, -0.15) is 0 Å². The van der Waals surface area contributed by atoms with Gasteiger partial charge >= 0.3 is 0 Å². The van der Waals surface area contributed by atoms with E-state index in [9.17, 15) is 4.79 Å². The van der Waals surface area contributed by atoms with Crippen LogP contribution in [-0.2, 0) is 4.79 Å². The van der Waals surface area contributed by atoms with E-state index in [1.54, 1.807) is 0 Å². The largest absolute Gasteiger partial charge is 0.355 e. The highest BCUT2D eigenvalue weighted by Crippen LogP contribution is 2.21. The van der Waals surface area contributed by atoms with E-state index in [0.717, 1.165) is 25.4 Å². The third-order valence-electron chi connectivity index (χ3n) is 4.40. The molecule has 1 saturated heterocycles. The van der Waals surface area contributed by atoms with E-state index in [1.165, 1.54) is 25.9 Å². The van der Waals surface area contributed by atoms with Gasteiger partial charge in [0.25, 0.3) is 0 Å². The first-order chi connectivity index (χ1) is 9.54. The fraction of sp³-hybridized carbons (Fsp3) is 0.938. The number of halogens is 2. The van der Waals surface area contributed by atoms with Crippen LogP contribution in [0.5, 0.6) is 0 Å². The molecule has 1 atom stereocenters. The molecule has 1 rings (SSSR count). The van der Waals surface area contributed by atoms with Gasteiger partial charge in [-0.1, -0.05) is 20.8 Å². The van der Waals surface area contributed by atoms with Crippen molar-refractivity contribution in [1.29, 1.82) is 0 Å². The first kappa shape index (κ1) is 24.2. The fourth-order valence-corrected chi connectivity index (χ4v) is 2.88. The predicted molar refractivity (Wildman–Crippen MR) is 99.3 cm³/mol. The second-order valence-electron chi connectivity index (χ2n) is 6.54. The topological polar surface area (TPSA) is 44.4 Å². The molecule has 6 heteroatoms. The fourth-order valence-electron chi connectivity index (χ4n) is 2.88. The van der Waals surface area contributed by atoms with Crippen molar-refractivity contribution in [2.24, 2.45) is 11.8 Å². The maximum Gasteiger partial charge on any atom is 0.220 e. The molecular formula is C16H35Cl2N3O. The molecule has 1 aliphatic heterocycles. The highest BCUT2D eigenvalue weighted by Gasteiger charge is 2.25. The molecule has 2 N–H and O–H groups in total. The van der Waals surface area contributed by atoms with Crippen LogP contribution in [0.15, 0.2) is 0 Å². The molecule has 0 aliphatic carbocycles. The van der Waals surface area contributed by atoms with Crippen LogP contribution < -0.4 is 10.6 Å². The minimum Gasteiger partial charge on any atom is -0.355 e. The van der Waals surface area contributed by atoms with Crippen molar-refractivity contribution < 1.29 is 4.79 Å². The summed E-state index contributed by atoms with van der Waals surface area (Å²) in [5, 5.41) is 6.20. The lowest BCUT2D eigenvalue weighted by Crippen LogP contribution is -2.49. The van der Waals surface area contributed by atoms with Crippen LogP contribution in [0.4, 0.5) is 0 Å². The van der Waals surface area contributed by atoms with Crippen molar-refractivity contribution in [3.8, 4) is 0 Å². The molecule has 0 radical (unpaired) electrons. The molecule has 134 valence electrons. The molecule has 22 heavy (non-hydrogen) atoms. The normalized spacial score (nSPS) is 17.5. The number of nitrogens with zero attached hydrogens (tertiary/aromatic N) is 1. The molecule has 4 nitrogen and oxygen atoms in total. The molecule has 0 bridgehead atoms. The van der Waals surface area contributed by atoms with E-state index in [4.69, 9.17) is 0 Å². The van der Waals surface area contributed by atoms with E-state index >= 15 is 0 Å². The Kier molecular flexibility index (Phi) is 14.8. The molecule has 0 saturated carbocycles. The van der Waals surface area contributed by atoms with Gasteiger partial charge < -0.3 is 10.6 Å².